The second kappa shape index (κ2) is 6.69. The topological polar surface area (TPSA) is 134 Å². The van der Waals surface area contributed by atoms with Crippen molar-refractivity contribution < 1.29 is 4.74 Å². The summed E-state index contributed by atoms with van der Waals surface area (Å²) in [7, 11) is 0. The number of aromatic nitrogens is 6. The predicted molar refractivity (Wildman–Crippen MR) is 96.4 cm³/mol. The second-order valence-corrected chi connectivity index (χ2v) is 5.47. The fourth-order valence-corrected chi connectivity index (χ4v) is 2.56. The molecule has 0 bridgehead atoms. The monoisotopic (exact) mass is 351 g/mol. The van der Waals surface area contributed by atoms with Crippen molar-refractivity contribution >= 4 is 17.2 Å². The Morgan fingerprint density at radius 1 is 1.15 bits per heavy atom. The van der Waals surface area contributed by atoms with E-state index in [1.165, 1.54) is 4.79 Å². The molecule has 0 aliphatic heterocycles. The maximum absolute atomic E-state index is 5.64. The Bertz CT molecular complexity index is 1040. The number of nitrogens with one attached hydrogen (secondary N) is 1. The van der Waals surface area contributed by atoms with E-state index < -0.39 is 0 Å². The van der Waals surface area contributed by atoms with Crippen LogP contribution in [0.5, 0.6) is 5.88 Å². The van der Waals surface area contributed by atoms with Crippen LogP contribution in [0.4, 0.5) is 11.5 Å². The van der Waals surface area contributed by atoms with Crippen LogP contribution < -0.4 is 21.6 Å². The summed E-state index contributed by atoms with van der Waals surface area (Å²) in [6.45, 7) is 0.833. The number of hydrogen-bond donors (Lipinski definition) is 3. The van der Waals surface area contributed by atoms with Gasteiger partial charge in [-0.05, 0) is 6.07 Å². The lowest BCUT2D eigenvalue weighted by Crippen LogP contribution is -2.11. The van der Waals surface area contributed by atoms with Gasteiger partial charge in [-0.25, -0.2) is 15.0 Å². The smallest absolute Gasteiger partial charge is 0.215 e. The van der Waals surface area contributed by atoms with E-state index in [1.807, 2.05) is 16.7 Å². The van der Waals surface area contributed by atoms with E-state index in [2.05, 4.69) is 25.4 Å². The van der Waals surface area contributed by atoms with Gasteiger partial charge in [-0.3, -0.25) is 4.40 Å². The normalized spacial score (nSPS) is 11.0. The van der Waals surface area contributed by atoms with Crippen LogP contribution in [0, 0.1) is 0 Å². The highest BCUT2D eigenvalue weighted by atomic mass is 16.5. The molecule has 0 saturated carbocycles. The van der Waals surface area contributed by atoms with E-state index in [1.54, 1.807) is 37.1 Å². The van der Waals surface area contributed by atoms with Crippen LogP contribution in [-0.4, -0.2) is 42.4 Å². The van der Waals surface area contributed by atoms with Crippen molar-refractivity contribution in [1.29, 1.82) is 0 Å². The third-order valence-corrected chi connectivity index (χ3v) is 3.69. The summed E-state index contributed by atoms with van der Waals surface area (Å²) in [4.78, 5) is 14.3. The number of imidazole rings is 1. The highest BCUT2D eigenvalue weighted by Crippen LogP contribution is 2.25. The average Bonchev–Trinajstić information content (AvgIpc) is 3.27. The van der Waals surface area contributed by atoms with Gasteiger partial charge in [0, 0.05) is 42.5 Å². The Balaban J connectivity index is 1.66. The highest BCUT2D eigenvalue weighted by Gasteiger charge is 2.12. The van der Waals surface area contributed by atoms with Crippen LogP contribution in [0.3, 0.4) is 0 Å². The molecular formula is C16H17N9O. The molecular weight excluding hydrogens is 334 g/mol. The van der Waals surface area contributed by atoms with Crippen molar-refractivity contribution in [2.75, 3.05) is 24.3 Å². The molecule has 4 heterocycles. The van der Waals surface area contributed by atoms with Crippen LogP contribution in [0.15, 0.2) is 49.3 Å². The maximum Gasteiger partial charge on any atom is 0.215 e. The summed E-state index contributed by atoms with van der Waals surface area (Å²) >= 11 is 0. The van der Waals surface area contributed by atoms with Gasteiger partial charge in [-0.2, -0.15) is 9.89 Å². The molecule has 0 unspecified atom stereocenters. The molecule has 4 aromatic heterocycles. The molecule has 0 radical (unpaired) electrons. The van der Waals surface area contributed by atoms with E-state index in [0.29, 0.717) is 30.5 Å². The zero-order valence-corrected chi connectivity index (χ0v) is 13.8. The molecule has 4 aromatic rings. The van der Waals surface area contributed by atoms with E-state index in [0.717, 1.165) is 16.9 Å². The molecule has 0 amide bonds. The number of nitrogens with two attached hydrogens (primary N) is 2. The Hall–Kier alpha value is -3.66. The summed E-state index contributed by atoms with van der Waals surface area (Å²) in [5.74, 6) is 6.73. The second-order valence-electron chi connectivity index (χ2n) is 5.47. The molecule has 0 spiro atoms. The average molecular weight is 351 g/mol. The number of nitrogen functional groups attached to an aromatic ring is 1. The van der Waals surface area contributed by atoms with Crippen molar-refractivity contribution in [2.45, 2.75) is 0 Å². The molecule has 0 saturated heterocycles. The van der Waals surface area contributed by atoms with Gasteiger partial charge in [0.15, 0.2) is 11.5 Å². The third-order valence-electron chi connectivity index (χ3n) is 3.69. The fourth-order valence-electron chi connectivity index (χ4n) is 2.56. The van der Waals surface area contributed by atoms with Crippen molar-refractivity contribution in [1.82, 2.24) is 29.2 Å². The molecule has 26 heavy (non-hydrogen) atoms. The van der Waals surface area contributed by atoms with Crippen LogP contribution in [0.25, 0.3) is 16.9 Å². The van der Waals surface area contributed by atoms with Gasteiger partial charge >= 0.3 is 0 Å². The molecule has 0 aromatic carbocycles. The molecule has 0 atom stereocenters. The Morgan fingerprint density at radius 3 is 2.88 bits per heavy atom. The standard InChI is InChI=1S/C16H17N9O/c17-2-6-26-14-7-12(1-3-19-14)23-15-16-21-9-13(24(16)5-4-20-15)11-8-22-25(18)10-11/h1,3-5,7-10H,2,6,17-18H2,(H,19,20,23). The molecule has 10 heteroatoms. The lowest BCUT2D eigenvalue weighted by molar-refractivity contribution is 0.316. The number of anilines is 2. The molecule has 0 aliphatic carbocycles. The van der Waals surface area contributed by atoms with Crippen LogP contribution in [0.1, 0.15) is 0 Å². The van der Waals surface area contributed by atoms with E-state index >= 15 is 0 Å². The van der Waals surface area contributed by atoms with Crippen LogP contribution in [-0.2, 0) is 0 Å². The quantitative estimate of drug-likeness (QED) is 0.434. The fraction of sp³-hybridized carbons (Fsp3) is 0.125. The lowest BCUT2D eigenvalue weighted by atomic mass is 10.3. The van der Waals surface area contributed by atoms with Gasteiger partial charge in [0.05, 0.1) is 24.3 Å². The SMILES string of the molecule is NCCOc1cc(Nc2nccn3c(-c4cnn(N)c4)cnc23)ccn1. The van der Waals surface area contributed by atoms with Gasteiger partial charge in [0.25, 0.3) is 0 Å². The Labute approximate surface area is 148 Å². The van der Waals surface area contributed by atoms with Crippen molar-refractivity contribution in [3.05, 3.63) is 49.3 Å². The minimum absolute atomic E-state index is 0.405. The molecule has 5 N–H and O–H groups in total. The maximum atomic E-state index is 5.64. The van der Waals surface area contributed by atoms with Gasteiger partial charge in [-0.1, -0.05) is 0 Å². The summed E-state index contributed by atoms with van der Waals surface area (Å²) in [6, 6.07) is 3.60. The minimum Gasteiger partial charge on any atom is -0.476 e. The van der Waals surface area contributed by atoms with Gasteiger partial charge in [0.2, 0.25) is 5.88 Å². The number of nitrogens with zero attached hydrogens (tertiary/aromatic N) is 6. The highest BCUT2D eigenvalue weighted by molar-refractivity contribution is 5.73. The van der Waals surface area contributed by atoms with Crippen LogP contribution >= 0.6 is 0 Å². The number of pyridine rings is 1. The van der Waals surface area contributed by atoms with Crippen molar-refractivity contribution in [2.24, 2.45) is 5.73 Å². The van der Waals surface area contributed by atoms with Gasteiger partial charge in [0.1, 0.15) is 6.61 Å². The first-order valence-electron chi connectivity index (χ1n) is 7.93. The summed E-state index contributed by atoms with van der Waals surface area (Å²) in [5.41, 5.74) is 8.63. The zero-order valence-electron chi connectivity index (χ0n) is 13.8. The number of fused-ring (bicyclic) bond motifs is 1. The molecule has 4 rings (SSSR count). The molecule has 0 fully saturated rings. The first kappa shape index (κ1) is 15.8. The Morgan fingerprint density at radius 2 is 2.08 bits per heavy atom. The van der Waals surface area contributed by atoms with Crippen molar-refractivity contribution in [3.8, 4) is 17.1 Å². The summed E-state index contributed by atoms with van der Waals surface area (Å²) in [5, 5.41) is 7.24. The van der Waals surface area contributed by atoms with Gasteiger partial charge in [-0.15, -0.1) is 0 Å². The van der Waals surface area contributed by atoms with Crippen LogP contribution in [0.2, 0.25) is 0 Å². The molecule has 10 nitrogen and oxygen atoms in total. The zero-order chi connectivity index (χ0) is 17.9. The minimum atomic E-state index is 0.405. The van der Waals surface area contributed by atoms with Crippen molar-refractivity contribution in [3.63, 3.8) is 0 Å². The molecule has 0 aliphatic rings. The largest absolute Gasteiger partial charge is 0.476 e. The Kier molecular flexibility index (Phi) is 4.07. The molecule has 132 valence electrons. The van der Waals surface area contributed by atoms with Gasteiger partial charge < -0.3 is 21.6 Å². The predicted octanol–water partition coefficient (Wildman–Crippen LogP) is 0.783. The number of hydrogen-bond acceptors (Lipinski definition) is 8. The van der Waals surface area contributed by atoms with E-state index in [9.17, 15) is 0 Å². The number of rotatable bonds is 6. The number of ether oxygens (including phenoxy) is 1. The first-order valence-corrected chi connectivity index (χ1v) is 7.93. The van der Waals surface area contributed by atoms with E-state index in [-0.39, 0.29) is 0 Å². The van der Waals surface area contributed by atoms with E-state index in [4.69, 9.17) is 16.3 Å². The third kappa shape index (κ3) is 3.00. The summed E-state index contributed by atoms with van der Waals surface area (Å²) < 4.78 is 7.36. The lowest BCUT2D eigenvalue weighted by Gasteiger charge is -2.09. The summed E-state index contributed by atoms with van der Waals surface area (Å²) in [6.07, 6.45) is 10.3. The first-order chi connectivity index (χ1) is 12.7.